The smallest absolute Gasteiger partial charge is 0.266 e. The maximum Gasteiger partial charge on any atom is 0.266 e. The summed E-state index contributed by atoms with van der Waals surface area (Å²) < 4.78 is 0. The molecular formula is C17H22N4O3. The highest BCUT2D eigenvalue weighted by Gasteiger charge is 2.28. The number of nitrogens with zero attached hydrogens (tertiary/aromatic N) is 1. The first-order valence-corrected chi connectivity index (χ1v) is 8.04. The topological polar surface area (TPSA) is 96.7 Å². The summed E-state index contributed by atoms with van der Waals surface area (Å²) in [4.78, 5) is 31.9. The SMILES string of the molecule is CC1CCC(NC(=O)c2ccc(N)c3c2N(C)CC=C3)C(=O)NO1. The van der Waals surface area contributed by atoms with Crippen LogP contribution in [0.25, 0.3) is 6.08 Å². The number of anilines is 2. The minimum atomic E-state index is -0.611. The number of rotatable bonds is 2. The molecule has 2 atom stereocenters. The molecule has 2 unspecified atom stereocenters. The van der Waals surface area contributed by atoms with Gasteiger partial charge >= 0.3 is 0 Å². The van der Waals surface area contributed by atoms with Gasteiger partial charge in [0.15, 0.2) is 0 Å². The number of carbonyl (C=O) groups is 2. The van der Waals surface area contributed by atoms with E-state index in [2.05, 4.69) is 10.8 Å². The van der Waals surface area contributed by atoms with Crippen molar-refractivity contribution in [1.82, 2.24) is 10.8 Å². The normalized spacial score (nSPS) is 23.2. The molecule has 0 spiro atoms. The molecule has 2 aliphatic heterocycles. The Morgan fingerprint density at radius 2 is 2.21 bits per heavy atom. The third kappa shape index (κ3) is 3.07. The molecule has 4 N–H and O–H groups in total. The second-order valence-corrected chi connectivity index (χ2v) is 6.25. The fourth-order valence-electron chi connectivity index (χ4n) is 3.01. The van der Waals surface area contributed by atoms with E-state index in [0.717, 1.165) is 11.3 Å². The monoisotopic (exact) mass is 330 g/mol. The molecule has 2 amide bonds. The number of nitrogen functional groups attached to an aromatic ring is 1. The number of fused-ring (bicyclic) bond motifs is 1. The molecule has 0 aliphatic carbocycles. The Morgan fingerprint density at radius 1 is 1.42 bits per heavy atom. The summed E-state index contributed by atoms with van der Waals surface area (Å²) in [5, 5.41) is 2.81. The molecule has 0 saturated carbocycles. The van der Waals surface area contributed by atoms with E-state index in [1.54, 1.807) is 12.1 Å². The first kappa shape index (κ1) is 16.3. The van der Waals surface area contributed by atoms with Gasteiger partial charge in [-0.1, -0.05) is 12.2 Å². The van der Waals surface area contributed by atoms with Crippen LogP contribution in [0.3, 0.4) is 0 Å². The number of likely N-dealkylation sites (N-methyl/N-ethyl adjacent to an activating group) is 1. The zero-order valence-electron chi connectivity index (χ0n) is 13.8. The average Bonchev–Trinajstić information content (AvgIpc) is 2.71. The standard InChI is InChI=1S/C17H22N4O3/c1-10-5-8-14(17(23)20-24-10)19-16(22)12-6-7-13(18)11-4-3-9-21(2)15(11)12/h3-4,6-7,10,14H,5,8-9,18H2,1-2H3,(H,19,22)(H,20,23). The Bertz CT molecular complexity index is 701. The van der Waals surface area contributed by atoms with Gasteiger partial charge in [-0.15, -0.1) is 0 Å². The molecule has 7 heteroatoms. The minimum Gasteiger partial charge on any atom is -0.398 e. The van der Waals surface area contributed by atoms with Crippen LogP contribution in [0.15, 0.2) is 18.2 Å². The van der Waals surface area contributed by atoms with Crippen molar-refractivity contribution < 1.29 is 14.4 Å². The van der Waals surface area contributed by atoms with E-state index in [1.807, 2.05) is 31.0 Å². The van der Waals surface area contributed by atoms with Gasteiger partial charge in [0.05, 0.1) is 17.4 Å². The van der Waals surface area contributed by atoms with E-state index < -0.39 is 6.04 Å². The molecule has 3 rings (SSSR count). The lowest BCUT2D eigenvalue weighted by molar-refractivity contribution is -0.136. The van der Waals surface area contributed by atoms with E-state index in [1.165, 1.54) is 0 Å². The number of hydrogen-bond acceptors (Lipinski definition) is 5. The van der Waals surface area contributed by atoms with E-state index in [0.29, 0.717) is 30.6 Å². The molecule has 1 aromatic rings. The zero-order valence-corrected chi connectivity index (χ0v) is 13.8. The Labute approximate surface area is 140 Å². The molecule has 128 valence electrons. The molecule has 1 aromatic carbocycles. The van der Waals surface area contributed by atoms with Crippen LogP contribution in [-0.4, -0.2) is 37.6 Å². The number of hydroxylamine groups is 1. The number of nitrogens with two attached hydrogens (primary N) is 1. The second kappa shape index (κ2) is 6.52. The van der Waals surface area contributed by atoms with Crippen molar-refractivity contribution in [2.24, 2.45) is 0 Å². The summed E-state index contributed by atoms with van der Waals surface area (Å²) in [7, 11) is 1.91. The van der Waals surface area contributed by atoms with Gasteiger partial charge in [0.1, 0.15) is 6.04 Å². The van der Waals surface area contributed by atoms with Crippen molar-refractivity contribution in [3.63, 3.8) is 0 Å². The number of nitrogens with one attached hydrogen (secondary N) is 2. The molecule has 2 aliphatic rings. The highest BCUT2D eigenvalue weighted by Crippen LogP contribution is 2.33. The van der Waals surface area contributed by atoms with Crippen molar-refractivity contribution >= 4 is 29.3 Å². The Balaban J connectivity index is 1.86. The van der Waals surface area contributed by atoms with Crippen LogP contribution in [0.5, 0.6) is 0 Å². The summed E-state index contributed by atoms with van der Waals surface area (Å²) in [6.45, 7) is 2.58. The fourth-order valence-corrected chi connectivity index (χ4v) is 3.01. The minimum absolute atomic E-state index is 0.0728. The highest BCUT2D eigenvalue weighted by molar-refractivity contribution is 6.05. The number of carbonyl (C=O) groups excluding carboxylic acids is 2. The Kier molecular flexibility index (Phi) is 4.44. The molecule has 1 fully saturated rings. The predicted molar refractivity (Wildman–Crippen MR) is 92.3 cm³/mol. The van der Waals surface area contributed by atoms with Crippen molar-refractivity contribution in [2.45, 2.75) is 31.9 Å². The van der Waals surface area contributed by atoms with E-state index in [9.17, 15) is 9.59 Å². The van der Waals surface area contributed by atoms with Crippen molar-refractivity contribution in [2.75, 3.05) is 24.2 Å². The number of amides is 2. The van der Waals surface area contributed by atoms with Gasteiger partial charge < -0.3 is 16.0 Å². The molecule has 24 heavy (non-hydrogen) atoms. The van der Waals surface area contributed by atoms with E-state index in [4.69, 9.17) is 10.6 Å². The lowest BCUT2D eigenvalue weighted by Crippen LogP contribution is -2.45. The first-order valence-electron chi connectivity index (χ1n) is 8.04. The van der Waals surface area contributed by atoms with Crippen LogP contribution >= 0.6 is 0 Å². The highest BCUT2D eigenvalue weighted by atomic mass is 16.7. The molecule has 2 heterocycles. The molecule has 0 bridgehead atoms. The summed E-state index contributed by atoms with van der Waals surface area (Å²) in [6, 6.07) is 2.81. The van der Waals surface area contributed by atoms with E-state index in [-0.39, 0.29) is 17.9 Å². The molecule has 1 saturated heterocycles. The third-order valence-electron chi connectivity index (χ3n) is 4.39. The van der Waals surface area contributed by atoms with Gasteiger partial charge in [-0.2, -0.15) is 0 Å². The van der Waals surface area contributed by atoms with Gasteiger partial charge in [-0.05, 0) is 31.9 Å². The molecule has 0 aromatic heterocycles. The fraction of sp³-hybridized carbons (Fsp3) is 0.412. The molecule has 7 nitrogen and oxygen atoms in total. The van der Waals surface area contributed by atoms with Crippen LogP contribution in [0.1, 0.15) is 35.7 Å². The molecule has 0 radical (unpaired) electrons. The lowest BCUT2D eigenvalue weighted by Gasteiger charge is -2.27. The molecular weight excluding hydrogens is 308 g/mol. The van der Waals surface area contributed by atoms with Crippen LogP contribution < -0.4 is 21.4 Å². The quantitative estimate of drug-likeness (QED) is 0.705. The summed E-state index contributed by atoms with van der Waals surface area (Å²) in [5.41, 5.74) is 11.2. The van der Waals surface area contributed by atoms with Crippen molar-refractivity contribution in [1.29, 1.82) is 0 Å². The largest absolute Gasteiger partial charge is 0.398 e. The number of benzene rings is 1. The van der Waals surface area contributed by atoms with Gasteiger partial charge in [0.2, 0.25) is 0 Å². The van der Waals surface area contributed by atoms with Crippen LogP contribution in [0.4, 0.5) is 11.4 Å². The van der Waals surface area contributed by atoms with Crippen LogP contribution in [0, 0.1) is 0 Å². The average molecular weight is 330 g/mol. The van der Waals surface area contributed by atoms with Gasteiger partial charge in [-0.3, -0.25) is 14.4 Å². The van der Waals surface area contributed by atoms with Gasteiger partial charge in [-0.25, -0.2) is 5.48 Å². The van der Waals surface area contributed by atoms with Crippen LogP contribution in [0.2, 0.25) is 0 Å². The van der Waals surface area contributed by atoms with Gasteiger partial charge in [0, 0.05) is 24.8 Å². The summed E-state index contributed by atoms with van der Waals surface area (Å²) >= 11 is 0. The lowest BCUT2D eigenvalue weighted by atomic mass is 9.99. The van der Waals surface area contributed by atoms with Gasteiger partial charge in [0.25, 0.3) is 11.8 Å². The Hall–Kier alpha value is -2.54. The van der Waals surface area contributed by atoms with E-state index >= 15 is 0 Å². The first-order chi connectivity index (χ1) is 11.5. The summed E-state index contributed by atoms with van der Waals surface area (Å²) in [5.74, 6) is -0.617. The Morgan fingerprint density at radius 3 is 3.00 bits per heavy atom. The van der Waals surface area contributed by atoms with Crippen LogP contribution in [-0.2, 0) is 9.63 Å². The maximum absolute atomic E-state index is 12.8. The predicted octanol–water partition coefficient (Wildman–Crippen LogP) is 1.06. The van der Waals surface area contributed by atoms with Crippen molar-refractivity contribution in [3.8, 4) is 0 Å². The maximum atomic E-state index is 12.8. The zero-order chi connectivity index (χ0) is 17.3. The second-order valence-electron chi connectivity index (χ2n) is 6.25. The number of hydrogen-bond donors (Lipinski definition) is 3. The summed E-state index contributed by atoms with van der Waals surface area (Å²) in [6.07, 6.45) is 5.07. The third-order valence-corrected chi connectivity index (χ3v) is 4.39. The van der Waals surface area contributed by atoms with Crippen molar-refractivity contribution in [3.05, 3.63) is 29.3 Å².